The minimum absolute atomic E-state index is 0.118. The Morgan fingerprint density at radius 3 is 2.58 bits per heavy atom. The Kier molecular flexibility index (Phi) is 6.34. The highest BCUT2D eigenvalue weighted by Crippen LogP contribution is 2.27. The summed E-state index contributed by atoms with van der Waals surface area (Å²) >= 11 is 0. The van der Waals surface area contributed by atoms with Crippen LogP contribution >= 0.6 is 0 Å². The van der Waals surface area contributed by atoms with E-state index in [4.69, 9.17) is 5.26 Å². The average molecular weight is 266 g/mol. The van der Waals surface area contributed by atoms with E-state index in [0.29, 0.717) is 18.8 Å². The number of rotatable bonds is 6. The zero-order valence-corrected chi connectivity index (χ0v) is 11.6. The first kappa shape index (κ1) is 15.5. The molecular weight excluding hydrogens is 244 g/mol. The quantitative estimate of drug-likeness (QED) is 0.743. The standard InChI is InChI=1S/C14H22N2O3/c1-10(9-15)7-12(14(18)19-2)16-13(17)8-11-5-3-4-6-11/h10-12H,3-8H2,1-2H3,(H,16,17)/t10-,12-/m0/s1. The van der Waals surface area contributed by atoms with Crippen molar-refractivity contribution in [3.8, 4) is 6.07 Å². The average Bonchev–Trinajstić information content (AvgIpc) is 2.89. The molecule has 0 aliphatic heterocycles. The number of methoxy groups -OCH3 is 1. The van der Waals surface area contributed by atoms with Gasteiger partial charge in [0.05, 0.1) is 13.2 Å². The van der Waals surface area contributed by atoms with E-state index in [2.05, 4.69) is 16.1 Å². The maximum Gasteiger partial charge on any atom is 0.328 e. The largest absolute Gasteiger partial charge is 0.467 e. The number of hydrogen-bond acceptors (Lipinski definition) is 4. The Balaban J connectivity index is 2.48. The van der Waals surface area contributed by atoms with Crippen LogP contribution in [0.2, 0.25) is 0 Å². The van der Waals surface area contributed by atoms with Crippen LogP contribution in [0.5, 0.6) is 0 Å². The van der Waals surface area contributed by atoms with Crippen LogP contribution in [0.25, 0.3) is 0 Å². The van der Waals surface area contributed by atoms with Gasteiger partial charge in [0.25, 0.3) is 0 Å². The third-order valence-electron chi connectivity index (χ3n) is 3.58. The molecule has 1 rings (SSSR count). The number of amides is 1. The molecule has 5 nitrogen and oxygen atoms in total. The lowest BCUT2D eigenvalue weighted by Crippen LogP contribution is -2.42. The molecule has 1 N–H and O–H groups in total. The summed E-state index contributed by atoms with van der Waals surface area (Å²) in [4.78, 5) is 23.5. The molecule has 0 bridgehead atoms. The van der Waals surface area contributed by atoms with E-state index in [1.165, 1.54) is 20.0 Å². The normalized spacial score (nSPS) is 18.4. The van der Waals surface area contributed by atoms with Crippen molar-refractivity contribution in [3.63, 3.8) is 0 Å². The van der Waals surface area contributed by atoms with Gasteiger partial charge in [-0.15, -0.1) is 0 Å². The summed E-state index contributed by atoms with van der Waals surface area (Å²) in [5, 5.41) is 11.5. The molecule has 1 saturated carbocycles. The van der Waals surface area contributed by atoms with Crippen LogP contribution in [-0.4, -0.2) is 25.0 Å². The lowest BCUT2D eigenvalue weighted by Gasteiger charge is -2.18. The molecule has 0 aromatic carbocycles. The number of hydrogen-bond donors (Lipinski definition) is 1. The van der Waals surface area contributed by atoms with E-state index in [9.17, 15) is 9.59 Å². The summed E-state index contributed by atoms with van der Waals surface area (Å²) in [7, 11) is 1.29. The second-order valence-corrected chi connectivity index (χ2v) is 5.26. The number of nitriles is 1. The molecule has 0 heterocycles. The van der Waals surface area contributed by atoms with Crippen molar-refractivity contribution in [2.75, 3.05) is 7.11 Å². The zero-order valence-electron chi connectivity index (χ0n) is 11.6. The third kappa shape index (κ3) is 5.29. The van der Waals surface area contributed by atoms with Gasteiger partial charge < -0.3 is 10.1 Å². The van der Waals surface area contributed by atoms with Crippen LogP contribution in [0.3, 0.4) is 0 Å². The summed E-state index contributed by atoms with van der Waals surface area (Å²) in [6, 6.07) is 1.35. The van der Waals surface area contributed by atoms with Crippen LogP contribution in [0.4, 0.5) is 0 Å². The number of carbonyl (C=O) groups excluding carboxylic acids is 2. The van der Waals surface area contributed by atoms with Gasteiger partial charge in [-0.1, -0.05) is 12.8 Å². The van der Waals surface area contributed by atoms with E-state index >= 15 is 0 Å². The molecule has 1 aliphatic rings. The first-order chi connectivity index (χ1) is 9.06. The number of ether oxygens (including phenoxy) is 1. The predicted molar refractivity (Wildman–Crippen MR) is 69.9 cm³/mol. The number of esters is 1. The SMILES string of the molecule is COC(=O)[C@H](C[C@H](C)C#N)NC(=O)CC1CCCC1. The topological polar surface area (TPSA) is 79.2 Å². The molecule has 0 unspecified atom stereocenters. The fraction of sp³-hybridized carbons (Fsp3) is 0.786. The van der Waals surface area contributed by atoms with Crippen molar-refractivity contribution < 1.29 is 14.3 Å². The predicted octanol–water partition coefficient (Wildman–Crippen LogP) is 1.77. The van der Waals surface area contributed by atoms with E-state index in [-0.39, 0.29) is 11.8 Å². The van der Waals surface area contributed by atoms with Gasteiger partial charge in [-0.3, -0.25) is 4.79 Å². The van der Waals surface area contributed by atoms with Crippen molar-refractivity contribution in [3.05, 3.63) is 0 Å². The lowest BCUT2D eigenvalue weighted by atomic mass is 10.0. The second kappa shape index (κ2) is 7.78. The van der Waals surface area contributed by atoms with Gasteiger partial charge >= 0.3 is 5.97 Å². The van der Waals surface area contributed by atoms with Crippen molar-refractivity contribution in [1.82, 2.24) is 5.32 Å². The molecule has 0 aromatic rings. The molecule has 0 saturated heterocycles. The van der Waals surface area contributed by atoms with E-state index < -0.39 is 12.0 Å². The smallest absolute Gasteiger partial charge is 0.328 e. The molecule has 1 amide bonds. The van der Waals surface area contributed by atoms with Crippen molar-refractivity contribution in [1.29, 1.82) is 5.26 Å². The zero-order chi connectivity index (χ0) is 14.3. The van der Waals surface area contributed by atoms with Crippen LogP contribution < -0.4 is 5.32 Å². The number of nitrogens with zero attached hydrogens (tertiary/aromatic N) is 1. The van der Waals surface area contributed by atoms with Gasteiger partial charge in [-0.2, -0.15) is 5.26 Å². The molecule has 0 aromatic heterocycles. The summed E-state index contributed by atoms with van der Waals surface area (Å²) in [6.45, 7) is 1.72. The number of nitrogens with one attached hydrogen (secondary N) is 1. The van der Waals surface area contributed by atoms with Crippen LogP contribution in [0, 0.1) is 23.2 Å². The molecule has 5 heteroatoms. The van der Waals surface area contributed by atoms with Gasteiger partial charge in [-0.05, 0) is 32.1 Å². The molecule has 19 heavy (non-hydrogen) atoms. The Labute approximate surface area is 114 Å². The highest BCUT2D eigenvalue weighted by molar-refractivity contribution is 5.84. The van der Waals surface area contributed by atoms with Crippen LogP contribution in [0.15, 0.2) is 0 Å². The molecular formula is C14H22N2O3. The lowest BCUT2D eigenvalue weighted by molar-refractivity contribution is -0.145. The number of carbonyl (C=O) groups is 2. The summed E-state index contributed by atoms with van der Waals surface area (Å²) in [6.07, 6.45) is 5.30. The second-order valence-electron chi connectivity index (χ2n) is 5.26. The van der Waals surface area contributed by atoms with Crippen LogP contribution in [-0.2, 0) is 14.3 Å². The highest BCUT2D eigenvalue weighted by atomic mass is 16.5. The summed E-state index contributed by atoms with van der Waals surface area (Å²) < 4.78 is 4.67. The fourth-order valence-electron chi connectivity index (χ4n) is 2.49. The summed E-state index contributed by atoms with van der Waals surface area (Å²) in [5.41, 5.74) is 0. The maximum atomic E-state index is 11.9. The van der Waals surface area contributed by atoms with E-state index in [1.54, 1.807) is 6.92 Å². The summed E-state index contributed by atoms with van der Waals surface area (Å²) in [5.74, 6) is -0.461. The maximum absolute atomic E-state index is 11.9. The fourth-order valence-corrected chi connectivity index (χ4v) is 2.49. The first-order valence-electron chi connectivity index (χ1n) is 6.83. The highest BCUT2D eigenvalue weighted by Gasteiger charge is 2.25. The Morgan fingerprint density at radius 1 is 1.42 bits per heavy atom. The Hall–Kier alpha value is -1.57. The first-order valence-corrected chi connectivity index (χ1v) is 6.83. The van der Waals surface area contributed by atoms with Crippen LogP contribution in [0.1, 0.15) is 45.4 Å². The molecule has 0 radical (unpaired) electrons. The molecule has 106 valence electrons. The third-order valence-corrected chi connectivity index (χ3v) is 3.58. The van der Waals surface area contributed by atoms with Gasteiger partial charge in [-0.25, -0.2) is 4.79 Å². The Bertz CT molecular complexity index is 356. The van der Waals surface area contributed by atoms with Gasteiger partial charge in [0.15, 0.2) is 0 Å². The van der Waals surface area contributed by atoms with Crippen molar-refractivity contribution in [2.24, 2.45) is 11.8 Å². The molecule has 1 fully saturated rings. The minimum Gasteiger partial charge on any atom is -0.467 e. The van der Waals surface area contributed by atoms with E-state index in [0.717, 1.165) is 12.8 Å². The molecule has 2 atom stereocenters. The molecule has 0 spiro atoms. The monoisotopic (exact) mass is 266 g/mol. The van der Waals surface area contributed by atoms with Gasteiger partial charge in [0.2, 0.25) is 5.91 Å². The van der Waals surface area contributed by atoms with Crippen molar-refractivity contribution >= 4 is 11.9 Å². The van der Waals surface area contributed by atoms with E-state index in [1.807, 2.05) is 0 Å². The Morgan fingerprint density at radius 2 is 2.05 bits per heavy atom. The van der Waals surface area contributed by atoms with Gasteiger partial charge in [0.1, 0.15) is 6.04 Å². The minimum atomic E-state index is -0.714. The van der Waals surface area contributed by atoms with Gasteiger partial charge in [0, 0.05) is 12.3 Å². The molecule has 1 aliphatic carbocycles. The van der Waals surface area contributed by atoms with Crippen molar-refractivity contribution in [2.45, 2.75) is 51.5 Å².